The zero-order valence-corrected chi connectivity index (χ0v) is 12.5. The number of anilines is 2. The number of hydrogen-bond donors (Lipinski definition) is 2. The van der Waals surface area contributed by atoms with E-state index in [1.54, 1.807) is 14.0 Å². The van der Waals surface area contributed by atoms with Gasteiger partial charge in [-0.2, -0.15) is 0 Å². The molecule has 2 heterocycles. The molecule has 0 aromatic carbocycles. The van der Waals surface area contributed by atoms with Gasteiger partial charge in [-0.05, 0) is 6.42 Å². The van der Waals surface area contributed by atoms with Gasteiger partial charge in [0.25, 0.3) is 0 Å². The van der Waals surface area contributed by atoms with Crippen molar-refractivity contribution >= 4 is 17.5 Å². The van der Waals surface area contributed by atoms with Crippen molar-refractivity contribution in [2.24, 2.45) is 5.84 Å². The molecule has 1 aliphatic heterocycles. The van der Waals surface area contributed by atoms with Crippen LogP contribution in [0.2, 0.25) is 0 Å². The predicted octanol–water partition coefficient (Wildman–Crippen LogP) is -0.0328. The van der Waals surface area contributed by atoms with E-state index in [0.29, 0.717) is 24.8 Å². The van der Waals surface area contributed by atoms with E-state index < -0.39 is 0 Å². The summed E-state index contributed by atoms with van der Waals surface area (Å²) in [5, 5.41) is 0. The number of carbonyl (C=O) groups excluding carboxylic acids is 1. The van der Waals surface area contributed by atoms with E-state index >= 15 is 0 Å². The van der Waals surface area contributed by atoms with E-state index in [9.17, 15) is 4.79 Å². The van der Waals surface area contributed by atoms with E-state index in [-0.39, 0.29) is 5.91 Å². The lowest BCUT2D eigenvalue weighted by molar-refractivity contribution is -0.128. The number of nitrogens with one attached hydrogen (secondary N) is 1. The van der Waals surface area contributed by atoms with E-state index in [2.05, 4.69) is 20.3 Å². The lowest BCUT2D eigenvalue weighted by Crippen LogP contribution is -2.34. The van der Waals surface area contributed by atoms with Crippen molar-refractivity contribution in [3.8, 4) is 0 Å². The maximum atomic E-state index is 11.5. The van der Waals surface area contributed by atoms with Crippen molar-refractivity contribution in [2.75, 3.05) is 43.6 Å². The first-order valence-electron chi connectivity index (χ1n) is 6.98. The number of methoxy groups -OCH3 is 1. The molecule has 0 spiro atoms. The summed E-state index contributed by atoms with van der Waals surface area (Å²) >= 11 is 0. The Morgan fingerprint density at radius 3 is 2.86 bits per heavy atom. The zero-order valence-electron chi connectivity index (χ0n) is 12.5. The molecule has 2 rings (SSSR count). The second-order valence-corrected chi connectivity index (χ2v) is 4.95. The molecular weight excluding hydrogens is 272 g/mol. The minimum absolute atomic E-state index is 0.115. The van der Waals surface area contributed by atoms with Crippen LogP contribution in [0.1, 0.15) is 19.2 Å². The Hall–Kier alpha value is -1.93. The van der Waals surface area contributed by atoms with Gasteiger partial charge in [0.1, 0.15) is 18.2 Å². The Balaban J connectivity index is 2.16. The van der Waals surface area contributed by atoms with Crippen LogP contribution < -0.4 is 16.2 Å². The van der Waals surface area contributed by atoms with Gasteiger partial charge < -0.3 is 20.0 Å². The van der Waals surface area contributed by atoms with Gasteiger partial charge in [0.15, 0.2) is 5.82 Å². The van der Waals surface area contributed by atoms with Crippen LogP contribution >= 0.6 is 0 Å². The number of nitrogens with two attached hydrogens (primary N) is 1. The summed E-state index contributed by atoms with van der Waals surface area (Å²) in [5.74, 6) is 7.50. The fourth-order valence-corrected chi connectivity index (χ4v) is 2.37. The quantitative estimate of drug-likeness (QED) is 0.594. The van der Waals surface area contributed by atoms with Crippen LogP contribution in [0.25, 0.3) is 0 Å². The Morgan fingerprint density at radius 1 is 1.38 bits per heavy atom. The number of rotatable bonds is 4. The van der Waals surface area contributed by atoms with E-state index in [1.807, 2.05) is 11.0 Å². The molecule has 0 bridgehead atoms. The average Bonchev–Trinajstić information content (AvgIpc) is 2.73. The van der Waals surface area contributed by atoms with Crippen LogP contribution in [0.3, 0.4) is 0 Å². The third kappa shape index (κ3) is 4.02. The molecular formula is C13H22N6O2. The number of nitrogen functional groups attached to an aromatic ring is 1. The van der Waals surface area contributed by atoms with Gasteiger partial charge in [0.05, 0.1) is 0 Å². The topological polar surface area (TPSA) is 96.6 Å². The Labute approximate surface area is 124 Å². The summed E-state index contributed by atoms with van der Waals surface area (Å²) in [7, 11) is 1.60. The minimum Gasteiger partial charge on any atom is -0.377 e. The molecule has 1 aromatic heterocycles. The van der Waals surface area contributed by atoms with E-state index in [1.165, 1.54) is 0 Å². The lowest BCUT2D eigenvalue weighted by atomic mass is 10.3. The van der Waals surface area contributed by atoms with Crippen molar-refractivity contribution < 1.29 is 9.53 Å². The van der Waals surface area contributed by atoms with Gasteiger partial charge in [0.2, 0.25) is 5.91 Å². The van der Waals surface area contributed by atoms with Crippen molar-refractivity contribution in [3.05, 3.63) is 11.9 Å². The number of hydrogen-bond acceptors (Lipinski definition) is 7. The molecule has 1 saturated heterocycles. The second-order valence-electron chi connectivity index (χ2n) is 4.95. The van der Waals surface area contributed by atoms with Crippen molar-refractivity contribution in [1.29, 1.82) is 0 Å². The van der Waals surface area contributed by atoms with Crippen LogP contribution in [-0.2, 0) is 16.1 Å². The molecule has 0 unspecified atom stereocenters. The summed E-state index contributed by atoms with van der Waals surface area (Å²) in [6, 6.07) is 1.81. The summed E-state index contributed by atoms with van der Waals surface area (Å²) in [6.07, 6.45) is 0.911. The van der Waals surface area contributed by atoms with E-state index in [4.69, 9.17) is 10.6 Å². The number of aromatic nitrogens is 2. The highest BCUT2D eigenvalue weighted by Gasteiger charge is 2.18. The van der Waals surface area contributed by atoms with Crippen LogP contribution in [0.5, 0.6) is 0 Å². The summed E-state index contributed by atoms with van der Waals surface area (Å²) in [4.78, 5) is 24.2. The van der Waals surface area contributed by atoms with Crippen molar-refractivity contribution in [2.45, 2.75) is 20.0 Å². The molecule has 1 amide bonds. The number of carbonyl (C=O) groups is 1. The number of hydrazine groups is 1. The molecule has 1 fully saturated rings. The smallest absolute Gasteiger partial charge is 0.219 e. The summed E-state index contributed by atoms with van der Waals surface area (Å²) in [6.45, 7) is 5.00. The molecule has 0 atom stereocenters. The molecule has 116 valence electrons. The van der Waals surface area contributed by atoms with Gasteiger partial charge >= 0.3 is 0 Å². The maximum absolute atomic E-state index is 11.5. The maximum Gasteiger partial charge on any atom is 0.219 e. The number of ether oxygens (including phenoxy) is 1. The fraction of sp³-hybridized carbons (Fsp3) is 0.615. The van der Waals surface area contributed by atoms with Gasteiger partial charge in [0, 0.05) is 46.3 Å². The Bertz CT molecular complexity index is 496. The zero-order chi connectivity index (χ0) is 15.2. The molecule has 1 aliphatic rings. The molecule has 0 aliphatic carbocycles. The first kappa shape index (κ1) is 15.5. The Morgan fingerprint density at radius 2 is 2.19 bits per heavy atom. The predicted molar refractivity (Wildman–Crippen MR) is 79.6 cm³/mol. The molecule has 1 aromatic rings. The third-order valence-corrected chi connectivity index (χ3v) is 3.45. The highest BCUT2D eigenvalue weighted by molar-refractivity contribution is 5.73. The van der Waals surface area contributed by atoms with Crippen molar-refractivity contribution in [3.63, 3.8) is 0 Å². The van der Waals surface area contributed by atoms with Gasteiger partial charge in [-0.1, -0.05) is 0 Å². The van der Waals surface area contributed by atoms with Gasteiger partial charge in [-0.15, -0.1) is 0 Å². The fourth-order valence-electron chi connectivity index (χ4n) is 2.37. The van der Waals surface area contributed by atoms with Crippen LogP contribution in [0.15, 0.2) is 6.07 Å². The molecule has 0 radical (unpaired) electrons. The van der Waals surface area contributed by atoms with Crippen LogP contribution in [0, 0.1) is 0 Å². The summed E-state index contributed by atoms with van der Waals surface area (Å²) < 4.78 is 5.08. The molecule has 8 nitrogen and oxygen atoms in total. The highest BCUT2D eigenvalue weighted by atomic mass is 16.5. The van der Waals surface area contributed by atoms with Crippen LogP contribution in [-0.4, -0.2) is 54.1 Å². The lowest BCUT2D eigenvalue weighted by Gasteiger charge is -2.23. The normalized spacial score (nSPS) is 15.8. The highest BCUT2D eigenvalue weighted by Crippen LogP contribution is 2.18. The second kappa shape index (κ2) is 7.19. The number of nitrogens with zero attached hydrogens (tertiary/aromatic N) is 4. The first-order chi connectivity index (χ1) is 10.1. The van der Waals surface area contributed by atoms with Gasteiger partial charge in [-0.25, -0.2) is 15.8 Å². The monoisotopic (exact) mass is 294 g/mol. The average molecular weight is 294 g/mol. The van der Waals surface area contributed by atoms with Crippen LogP contribution in [0.4, 0.5) is 11.6 Å². The third-order valence-electron chi connectivity index (χ3n) is 3.45. The van der Waals surface area contributed by atoms with E-state index in [0.717, 1.165) is 31.9 Å². The largest absolute Gasteiger partial charge is 0.377 e. The Kier molecular flexibility index (Phi) is 5.29. The molecule has 8 heteroatoms. The number of amides is 1. The molecule has 21 heavy (non-hydrogen) atoms. The van der Waals surface area contributed by atoms with Crippen molar-refractivity contribution in [1.82, 2.24) is 14.9 Å². The summed E-state index contributed by atoms with van der Waals surface area (Å²) in [5.41, 5.74) is 2.55. The minimum atomic E-state index is 0.115. The van der Waals surface area contributed by atoms with Gasteiger partial charge in [-0.3, -0.25) is 4.79 Å². The molecule has 0 saturated carbocycles. The first-order valence-corrected chi connectivity index (χ1v) is 6.98. The standard InChI is InChI=1S/C13H22N6O2/c1-10(20)18-4-3-5-19(7-6-18)13-8-11(17-14)15-12(16-13)9-21-2/h8H,3-7,9,14H2,1-2H3,(H,15,16,17). The SMILES string of the molecule is COCc1nc(NN)cc(N2CCCN(C(C)=O)CC2)n1. The molecule has 3 N–H and O–H groups in total.